The highest BCUT2D eigenvalue weighted by atomic mass is 16.5. The van der Waals surface area contributed by atoms with Crippen molar-refractivity contribution in [3.05, 3.63) is 0 Å². The molecule has 0 heterocycles. The number of carbonyl (C=O) groups excluding carboxylic acids is 1. The molecule has 0 aromatic carbocycles. The number of hydrogen-bond acceptors (Lipinski definition) is 2. The van der Waals surface area contributed by atoms with E-state index in [1.807, 2.05) is 13.8 Å². The molecule has 0 spiro atoms. The van der Waals surface area contributed by atoms with Crippen LogP contribution in [0.1, 0.15) is 46.5 Å². The van der Waals surface area contributed by atoms with Crippen LogP contribution >= 0.6 is 0 Å². The molecule has 2 heteroatoms. The Hall–Kier alpha value is -0.530. The zero-order valence-electron chi connectivity index (χ0n) is 8.43. The fraction of sp³-hybridized carbons (Fsp3) is 0.900. The summed E-state index contributed by atoms with van der Waals surface area (Å²) in [7, 11) is 0. The summed E-state index contributed by atoms with van der Waals surface area (Å²) in [5.74, 6) is 0.400. The molecule has 0 aromatic heterocycles. The van der Waals surface area contributed by atoms with Crippen LogP contribution in [-0.2, 0) is 9.53 Å². The van der Waals surface area contributed by atoms with Gasteiger partial charge in [0.25, 0.3) is 0 Å². The highest BCUT2D eigenvalue weighted by Crippen LogP contribution is 2.01. The Morgan fingerprint density at radius 3 is 2.50 bits per heavy atom. The molecule has 0 atom stereocenters. The summed E-state index contributed by atoms with van der Waals surface area (Å²) < 4.78 is 5.01. The van der Waals surface area contributed by atoms with Crippen molar-refractivity contribution in [3.8, 4) is 0 Å². The monoisotopic (exact) mass is 172 g/mol. The van der Waals surface area contributed by atoms with Gasteiger partial charge in [-0.05, 0) is 12.3 Å². The van der Waals surface area contributed by atoms with E-state index in [0.29, 0.717) is 18.9 Å². The van der Waals surface area contributed by atoms with Crippen LogP contribution in [0.3, 0.4) is 0 Å². The molecule has 0 saturated heterocycles. The molecule has 0 aliphatic rings. The first-order valence-corrected chi connectivity index (χ1v) is 4.82. The van der Waals surface area contributed by atoms with Crippen LogP contribution in [-0.4, -0.2) is 12.6 Å². The van der Waals surface area contributed by atoms with Gasteiger partial charge in [0.05, 0.1) is 6.61 Å². The lowest BCUT2D eigenvalue weighted by Crippen LogP contribution is -2.09. The van der Waals surface area contributed by atoms with Crippen LogP contribution in [0.4, 0.5) is 0 Å². The van der Waals surface area contributed by atoms with Gasteiger partial charge in [-0.2, -0.15) is 0 Å². The van der Waals surface area contributed by atoms with Gasteiger partial charge in [0.15, 0.2) is 0 Å². The summed E-state index contributed by atoms with van der Waals surface area (Å²) in [6.45, 7) is 6.77. The molecule has 0 rings (SSSR count). The number of ether oxygens (including phenoxy) is 1. The highest BCUT2D eigenvalue weighted by molar-refractivity contribution is 5.69. The average molecular weight is 172 g/mol. The third-order valence-electron chi connectivity index (χ3n) is 1.56. The van der Waals surface area contributed by atoms with Gasteiger partial charge < -0.3 is 4.74 Å². The van der Waals surface area contributed by atoms with Crippen LogP contribution in [0.25, 0.3) is 0 Å². The predicted molar refractivity (Wildman–Crippen MR) is 49.9 cm³/mol. The lowest BCUT2D eigenvalue weighted by atomic mass is 10.2. The SMILES string of the molecule is CCCCCC(=O)OCC(C)C. The zero-order valence-corrected chi connectivity index (χ0v) is 8.43. The Bertz CT molecular complexity index is 119. The molecule has 0 amide bonds. The molecule has 0 unspecified atom stereocenters. The third kappa shape index (κ3) is 7.58. The van der Waals surface area contributed by atoms with E-state index in [9.17, 15) is 4.79 Å². The van der Waals surface area contributed by atoms with Crippen molar-refractivity contribution in [2.75, 3.05) is 6.61 Å². The lowest BCUT2D eigenvalue weighted by Gasteiger charge is -2.06. The standard InChI is InChI=1S/C10H20O2/c1-4-5-6-7-10(11)12-8-9(2)3/h9H,4-8H2,1-3H3. The van der Waals surface area contributed by atoms with E-state index in [0.717, 1.165) is 19.3 Å². The molecular weight excluding hydrogens is 152 g/mol. The maximum Gasteiger partial charge on any atom is 0.305 e. The predicted octanol–water partition coefficient (Wildman–Crippen LogP) is 2.77. The van der Waals surface area contributed by atoms with E-state index in [1.165, 1.54) is 0 Å². The summed E-state index contributed by atoms with van der Waals surface area (Å²) >= 11 is 0. The number of rotatable bonds is 6. The molecule has 0 saturated carbocycles. The zero-order chi connectivity index (χ0) is 9.40. The van der Waals surface area contributed by atoms with Crippen LogP contribution in [0, 0.1) is 5.92 Å². The minimum Gasteiger partial charge on any atom is -0.465 e. The minimum absolute atomic E-state index is 0.0443. The highest BCUT2D eigenvalue weighted by Gasteiger charge is 2.02. The summed E-state index contributed by atoms with van der Waals surface area (Å²) in [4.78, 5) is 11.0. The van der Waals surface area contributed by atoms with E-state index in [1.54, 1.807) is 0 Å². The van der Waals surface area contributed by atoms with Crippen molar-refractivity contribution in [1.29, 1.82) is 0 Å². The second kappa shape index (κ2) is 7.14. The van der Waals surface area contributed by atoms with Crippen LogP contribution < -0.4 is 0 Å². The Morgan fingerprint density at radius 2 is 2.00 bits per heavy atom. The normalized spacial score (nSPS) is 10.3. The fourth-order valence-electron chi connectivity index (χ4n) is 0.851. The van der Waals surface area contributed by atoms with Crippen molar-refractivity contribution in [1.82, 2.24) is 0 Å². The number of unbranched alkanes of at least 4 members (excludes halogenated alkanes) is 2. The smallest absolute Gasteiger partial charge is 0.305 e. The molecule has 2 nitrogen and oxygen atoms in total. The first kappa shape index (κ1) is 11.5. The minimum atomic E-state index is -0.0443. The van der Waals surface area contributed by atoms with Crippen molar-refractivity contribution < 1.29 is 9.53 Å². The third-order valence-corrected chi connectivity index (χ3v) is 1.56. The first-order chi connectivity index (χ1) is 5.66. The van der Waals surface area contributed by atoms with Gasteiger partial charge in [0.1, 0.15) is 0 Å². The van der Waals surface area contributed by atoms with Crippen LogP contribution in [0.15, 0.2) is 0 Å². The van der Waals surface area contributed by atoms with Crippen molar-refractivity contribution in [3.63, 3.8) is 0 Å². The van der Waals surface area contributed by atoms with E-state index in [4.69, 9.17) is 4.74 Å². The summed E-state index contributed by atoms with van der Waals surface area (Å²) in [5, 5.41) is 0. The quantitative estimate of drug-likeness (QED) is 0.455. The molecule has 0 radical (unpaired) electrons. The fourth-order valence-corrected chi connectivity index (χ4v) is 0.851. The summed E-state index contributed by atoms with van der Waals surface area (Å²) in [6.07, 6.45) is 3.82. The molecule has 0 aliphatic carbocycles. The Kier molecular flexibility index (Phi) is 6.82. The summed E-state index contributed by atoms with van der Waals surface area (Å²) in [6, 6.07) is 0. The topological polar surface area (TPSA) is 26.3 Å². The average Bonchev–Trinajstić information content (AvgIpc) is 2.01. The Balaban J connectivity index is 3.22. The molecule has 72 valence electrons. The molecule has 0 N–H and O–H groups in total. The van der Waals surface area contributed by atoms with E-state index >= 15 is 0 Å². The number of esters is 1. The first-order valence-electron chi connectivity index (χ1n) is 4.82. The van der Waals surface area contributed by atoms with Crippen molar-refractivity contribution >= 4 is 5.97 Å². The van der Waals surface area contributed by atoms with Crippen molar-refractivity contribution in [2.45, 2.75) is 46.5 Å². The van der Waals surface area contributed by atoms with Gasteiger partial charge in [-0.3, -0.25) is 4.79 Å². The van der Waals surface area contributed by atoms with Gasteiger partial charge in [-0.25, -0.2) is 0 Å². The maximum absolute atomic E-state index is 11.0. The molecule has 0 bridgehead atoms. The van der Waals surface area contributed by atoms with Gasteiger partial charge in [-0.1, -0.05) is 33.6 Å². The Labute approximate surface area is 75.3 Å². The molecule has 0 aliphatic heterocycles. The van der Waals surface area contributed by atoms with E-state index in [2.05, 4.69) is 6.92 Å². The number of hydrogen-bond donors (Lipinski definition) is 0. The van der Waals surface area contributed by atoms with Gasteiger partial charge in [0, 0.05) is 6.42 Å². The molecule has 12 heavy (non-hydrogen) atoms. The summed E-state index contributed by atoms with van der Waals surface area (Å²) in [5.41, 5.74) is 0. The van der Waals surface area contributed by atoms with Gasteiger partial charge >= 0.3 is 5.97 Å². The second-order valence-electron chi connectivity index (χ2n) is 3.53. The maximum atomic E-state index is 11.0. The lowest BCUT2D eigenvalue weighted by molar-refractivity contribution is -0.144. The largest absolute Gasteiger partial charge is 0.465 e. The number of carbonyl (C=O) groups is 1. The second-order valence-corrected chi connectivity index (χ2v) is 3.53. The van der Waals surface area contributed by atoms with E-state index in [-0.39, 0.29) is 5.97 Å². The van der Waals surface area contributed by atoms with Gasteiger partial charge in [-0.15, -0.1) is 0 Å². The molecule has 0 fully saturated rings. The Morgan fingerprint density at radius 1 is 1.33 bits per heavy atom. The van der Waals surface area contributed by atoms with E-state index < -0.39 is 0 Å². The molecule has 0 aromatic rings. The van der Waals surface area contributed by atoms with Crippen molar-refractivity contribution in [2.24, 2.45) is 5.92 Å². The van der Waals surface area contributed by atoms with Gasteiger partial charge in [0.2, 0.25) is 0 Å². The van der Waals surface area contributed by atoms with Crippen LogP contribution in [0.5, 0.6) is 0 Å². The molecular formula is C10H20O2. The van der Waals surface area contributed by atoms with Crippen LogP contribution in [0.2, 0.25) is 0 Å².